The van der Waals surface area contributed by atoms with Crippen LogP contribution in [0.5, 0.6) is 0 Å². The van der Waals surface area contributed by atoms with Crippen LogP contribution in [0.2, 0.25) is 0 Å². The molecular formula is C24H32F2HfN2O2. The average molecular weight is 597 g/mol. The number of benzene rings is 2. The molecule has 2 rings (SSSR count). The van der Waals surface area contributed by atoms with E-state index in [0.717, 1.165) is 60.8 Å². The van der Waals surface area contributed by atoms with Gasteiger partial charge in [0.05, 0.1) is 0 Å². The fourth-order valence-corrected chi connectivity index (χ4v) is 5.32. The molecular weight excluding hydrogens is 565 g/mol. The van der Waals surface area contributed by atoms with Gasteiger partial charge in [-0.2, -0.15) is 0 Å². The van der Waals surface area contributed by atoms with Crippen LogP contribution in [0.1, 0.15) is 82.5 Å². The second-order valence-corrected chi connectivity index (χ2v) is 10.3. The van der Waals surface area contributed by atoms with Crippen LogP contribution in [0.3, 0.4) is 0 Å². The maximum Gasteiger partial charge on any atom is -1.00 e. The SMILES string of the molecule is CCCCc1cc(C)ccc1C(=O)[NH][Hf+2][NH]C(=O)c1ccc(C)cc1CCCC.[F-].[F-]. The Labute approximate surface area is 196 Å². The van der Waals surface area contributed by atoms with E-state index in [2.05, 4.69) is 32.6 Å². The Kier molecular flexibility index (Phi) is 14.1. The molecule has 0 spiro atoms. The minimum absolute atomic E-state index is 0. The van der Waals surface area contributed by atoms with Crippen LogP contribution in [0, 0.1) is 13.8 Å². The maximum absolute atomic E-state index is 12.7. The van der Waals surface area contributed by atoms with Crippen molar-refractivity contribution in [2.24, 2.45) is 0 Å². The van der Waals surface area contributed by atoms with Gasteiger partial charge in [-0.15, -0.1) is 0 Å². The van der Waals surface area contributed by atoms with Crippen LogP contribution in [0.25, 0.3) is 0 Å². The second kappa shape index (κ2) is 15.0. The number of rotatable bonds is 10. The predicted octanol–water partition coefficient (Wildman–Crippen LogP) is -0.931. The molecule has 0 heterocycles. The van der Waals surface area contributed by atoms with Gasteiger partial charge in [-0.25, -0.2) is 0 Å². The van der Waals surface area contributed by atoms with Crippen LogP contribution in [0.15, 0.2) is 36.4 Å². The largest absolute Gasteiger partial charge is 1.00 e. The molecule has 0 aliphatic heterocycles. The zero-order chi connectivity index (χ0) is 21.2. The van der Waals surface area contributed by atoms with Gasteiger partial charge in [-0.05, 0) is 0 Å². The van der Waals surface area contributed by atoms with Gasteiger partial charge < -0.3 is 9.41 Å². The summed E-state index contributed by atoms with van der Waals surface area (Å²) in [5.41, 5.74) is 6.01. The van der Waals surface area contributed by atoms with Crippen molar-refractivity contribution in [3.63, 3.8) is 0 Å². The Morgan fingerprint density at radius 3 is 1.48 bits per heavy atom. The van der Waals surface area contributed by atoms with Crippen LogP contribution < -0.4 is 16.0 Å². The van der Waals surface area contributed by atoms with E-state index < -0.39 is 23.5 Å². The van der Waals surface area contributed by atoms with Crippen molar-refractivity contribution >= 4 is 11.8 Å². The van der Waals surface area contributed by atoms with E-state index in [4.69, 9.17) is 0 Å². The molecule has 0 unspecified atom stereocenters. The number of nitrogens with one attached hydrogen (secondary N) is 2. The summed E-state index contributed by atoms with van der Waals surface area (Å²) >= 11 is -1.81. The molecule has 2 N–H and O–H groups in total. The standard InChI is InChI=1S/2C12H17NO.2FH.Hf/c2*1-3-4-5-10-8-9(2)6-7-11(10)12(13)14;;;/h2*6-8H,3-5H2,1-2H3,(H2,13,14);2*1H;/q;;;;+4/p-4. The first-order chi connectivity index (χ1) is 14.0. The van der Waals surface area contributed by atoms with Gasteiger partial charge in [0, 0.05) is 0 Å². The molecule has 0 radical (unpaired) electrons. The Balaban J connectivity index is 0.00000450. The zero-order valence-corrected chi connectivity index (χ0v) is 22.4. The van der Waals surface area contributed by atoms with Crippen molar-refractivity contribution in [3.8, 4) is 0 Å². The number of aryl methyl sites for hydroxylation is 4. The van der Waals surface area contributed by atoms with Crippen molar-refractivity contribution < 1.29 is 42.5 Å². The van der Waals surface area contributed by atoms with E-state index in [0.29, 0.717) is 0 Å². The van der Waals surface area contributed by atoms with E-state index in [1.807, 2.05) is 38.1 Å². The zero-order valence-electron chi connectivity index (χ0n) is 18.8. The number of hydrogen-bond donors (Lipinski definition) is 2. The first-order valence-corrected chi connectivity index (χ1v) is 14.1. The fourth-order valence-electron chi connectivity index (χ4n) is 3.32. The number of carbonyl (C=O) groups excluding carboxylic acids is 2. The average Bonchev–Trinajstić information content (AvgIpc) is 2.70. The monoisotopic (exact) mass is 598 g/mol. The summed E-state index contributed by atoms with van der Waals surface area (Å²) in [4.78, 5) is 25.4. The number of halogens is 2. The van der Waals surface area contributed by atoms with Crippen molar-refractivity contribution in [2.45, 2.75) is 66.2 Å². The van der Waals surface area contributed by atoms with Crippen LogP contribution in [-0.4, -0.2) is 11.8 Å². The molecule has 0 bridgehead atoms. The summed E-state index contributed by atoms with van der Waals surface area (Å²) in [6, 6.07) is 12.0. The Bertz CT molecular complexity index is 790. The number of unbranched alkanes of at least 4 members (excludes halogenated alkanes) is 2. The summed E-state index contributed by atoms with van der Waals surface area (Å²) < 4.78 is 6.07. The van der Waals surface area contributed by atoms with Gasteiger partial charge in [-0.3, -0.25) is 0 Å². The fraction of sp³-hybridized carbons (Fsp3) is 0.417. The third kappa shape index (κ3) is 9.01. The van der Waals surface area contributed by atoms with Gasteiger partial charge in [0.25, 0.3) is 0 Å². The Morgan fingerprint density at radius 1 is 0.742 bits per heavy atom. The predicted molar refractivity (Wildman–Crippen MR) is 115 cm³/mol. The number of amides is 2. The summed E-state index contributed by atoms with van der Waals surface area (Å²) in [6.45, 7) is 8.40. The maximum atomic E-state index is 12.7. The normalized spacial score (nSPS) is 9.68. The Morgan fingerprint density at radius 2 is 1.13 bits per heavy atom. The molecule has 2 aromatic carbocycles. The quantitative estimate of drug-likeness (QED) is 0.349. The summed E-state index contributed by atoms with van der Waals surface area (Å²) in [5.74, 6) is -0.121. The second-order valence-electron chi connectivity index (χ2n) is 7.56. The molecule has 7 heteroatoms. The molecule has 4 nitrogen and oxygen atoms in total. The van der Waals surface area contributed by atoms with Gasteiger partial charge in [0.15, 0.2) is 0 Å². The van der Waals surface area contributed by atoms with Crippen molar-refractivity contribution in [2.75, 3.05) is 0 Å². The Hall–Kier alpha value is -1.89. The van der Waals surface area contributed by atoms with Gasteiger partial charge in [0.2, 0.25) is 0 Å². The topological polar surface area (TPSA) is 58.2 Å². The first-order valence-electron chi connectivity index (χ1n) is 10.5. The van der Waals surface area contributed by atoms with Crippen molar-refractivity contribution in [1.29, 1.82) is 0 Å². The van der Waals surface area contributed by atoms with E-state index in [-0.39, 0.29) is 21.2 Å². The number of hydrogen-bond acceptors (Lipinski definition) is 2. The van der Waals surface area contributed by atoms with Crippen molar-refractivity contribution in [3.05, 3.63) is 69.8 Å². The minimum atomic E-state index is -1.81. The molecule has 0 aliphatic carbocycles. The minimum Gasteiger partial charge on any atom is -1.00 e. The number of carbonyl (C=O) groups is 2. The first kappa shape index (κ1) is 29.1. The van der Waals surface area contributed by atoms with Gasteiger partial charge in [0.1, 0.15) is 0 Å². The van der Waals surface area contributed by atoms with Crippen molar-refractivity contribution in [1.82, 2.24) is 6.61 Å². The molecule has 0 atom stereocenters. The molecule has 0 saturated carbocycles. The van der Waals surface area contributed by atoms with Gasteiger partial charge in [-0.1, -0.05) is 0 Å². The molecule has 2 aromatic rings. The third-order valence-corrected chi connectivity index (χ3v) is 7.49. The third-order valence-electron chi connectivity index (χ3n) is 4.96. The molecule has 0 saturated heterocycles. The molecule has 168 valence electrons. The smallest absolute Gasteiger partial charge is 1.00 e. The van der Waals surface area contributed by atoms with E-state index in [9.17, 15) is 9.59 Å². The summed E-state index contributed by atoms with van der Waals surface area (Å²) in [5, 5.41) is 0. The van der Waals surface area contributed by atoms with Crippen LogP contribution in [0.4, 0.5) is 0 Å². The summed E-state index contributed by atoms with van der Waals surface area (Å²) in [7, 11) is 0. The molecule has 0 fully saturated rings. The van der Waals surface area contributed by atoms with E-state index in [1.165, 1.54) is 11.1 Å². The van der Waals surface area contributed by atoms with E-state index in [1.54, 1.807) is 0 Å². The molecule has 0 aromatic heterocycles. The molecule has 0 aliphatic rings. The molecule has 2 amide bonds. The van der Waals surface area contributed by atoms with Gasteiger partial charge >= 0.3 is 187 Å². The van der Waals surface area contributed by atoms with Crippen LogP contribution >= 0.6 is 0 Å². The van der Waals surface area contributed by atoms with Crippen LogP contribution in [-0.2, 0) is 36.3 Å². The molecule has 31 heavy (non-hydrogen) atoms. The summed E-state index contributed by atoms with van der Waals surface area (Å²) in [6.07, 6.45) is 6.14. The van der Waals surface area contributed by atoms with E-state index >= 15 is 0 Å².